The highest BCUT2D eigenvalue weighted by Crippen LogP contribution is 2.38. The summed E-state index contributed by atoms with van der Waals surface area (Å²) in [5.74, 6) is 0.0219. The average molecular weight is 564 g/mol. The Morgan fingerprint density at radius 3 is 2.38 bits per heavy atom. The predicted octanol–water partition coefficient (Wildman–Crippen LogP) is 5.37. The van der Waals surface area contributed by atoms with Crippen molar-refractivity contribution >= 4 is 40.3 Å². The first-order valence-corrected chi connectivity index (χ1v) is 14.2. The number of benzene rings is 2. The summed E-state index contributed by atoms with van der Waals surface area (Å²) in [6.45, 7) is 6.15. The molecule has 1 aromatic heterocycles. The number of nitrogens with one attached hydrogen (secondary N) is 2. The number of hydrogen-bond acceptors (Lipinski definition) is 8. The molecule has 0 fully saturated rings. The molecule has 2 aromatic carbocycles. The Balaban J connectivity index is 1.33. The average Bonchev–Trinajstić information content (AvgIpc) is 3.32. The molecule has 0 spiro atoms. The number of nitrogens with zero attached hydrogens (tertiary/aromatic N) is 1. The Morgan fingerprint density at radius 1 is 0.975 bits per heavy atom. The van der Waals surface area contributed by atoms with E-state index in [1.54, 1.807) is 38.1 Å². The minimum absolute atomic E-state index is 0.268. The van der Waals surface area contributed by atoms with Crippen molar-refractivity contribution in [1.29, 1.82) is 0 Å². The molecule has 1 heterocycles. The van der Waals surface area contributed by atoms with E-state index in [2.05, 4.69) is 15.8 Å². The van der Waals surface area contributed by atoms with Gasteiger partial charge in [-0.25, -0.2) is 10.2 Å². The number of ether oxygens (including phenoxy) is 3. The predicted molar refractivity (Wildman–Crippen MR) is 155 cm³/mol. The van der Waals surface area contributed by atoms with Gasteiger partial charge in [-0.2, -0.15) is 5.10 Å². The van der Waals surface area contributed by atoms with Crippen molar-refractivity contribution in [2.45, 2.75) is 52.6 Å². The molecule has 0 aliphatic heterocycles. The van der Waals surface area contributed by atoms with Crippen LogP contribution in [0, 0.1) is 0 Å². The molecule has 10 heteroatoms. The van der Waals surface area contributed by atoms with E-state index in [4.69, 9.17) is 14.2 Å². The number of thiophene rings is 1. The summed E-state index contributed by atoms with van der Waals surface area (Å²) in [6.07, 6.45) is 4.49. The second-order valence-corrected chi connectivity index (χ2v) is 10.2. The molecular weight excluding hydrogens is 530 g/mol. The van der Waals surface area contributed by atoms with Gasteiger partial charge in [-0.05, 0) is 106 Å². The fourth-order valence-corrected chi connectivity index (χ4v) is 5.54. The fraction of sp³-hybridized carbons (Fsp3) is 0.333. The van der Waals surface area contributed by atoms with Crippen LogP contribution in [0.3, 0.4) is 0 Å². The van der Waals surface area contributed by atoms with Crippen LogP contribution in [0.4, 0.5) is 5.00 Å². The van der Waals surface area contributed by atoms with Crippen molar-refractivity contribution in [3.8, 4) is 11.5 Å². The van der Waals surface area contributed by atoms with Crippen LogP contribution < -0.4 is 20.2 Å². The van der Waals surface area contributed by atoms with E-state index < -0.39 is 18.0 Å². The van der Waals surface area contributed by atoms with Crippen molar-refractivity contribution in [1.82, 2.24) is 5.43 Å². The maximum atomic E-state index is 13.0. The van der Waals surface area contributed by atoms with E-state index in [0.29, 0.717) is 28.5 Å². The summed E-state index contributed by atoms with van der Waals surface area (Å²) < 4.78 is 16.4. The van der Waals surface area contributed by atoms with Crippen LogP contribution in [-0.2, 0) is 22.4 Å². The van der Waals surface area contributed by atoms with Gasteiger partial charge in [0, 0.05) is 10.4 Å². The maximum absolute atomic E-state index is 13.0. The third-order valence-electron chi connectivity index (χ3n) is 6.26. The van der Waals surface area contributed by atoms with E-state index in [1.165, 1.54) is 17.6 Å². The SMILES string of the molecule is CCOC(=O)c1c(NC(=O)c2ccc(OC(C)C(=O)N/N=C/c3ccc(OCC)cc3)cc2)sc2c1CCCC2. The number of rotatable bonds is 11. The van der Waals surface area contributed by atoms with E-state index in [9.17, 15) is 14.4 Å². The van der Waals surface area contributed by atoms with Gasteiger partial charge < -0.3 is 19.5 Å². The van der Waals surface area contributed by atoms with Crippen molar-refractivity contribution in [3.63, 3.8) is 0 Å². The molecule has 3 aromatic rings. The summed E-state index contributed by atoms with van der Waals surface area (Å²) >= 11 is 1.44. The number of esters is 1. The molecule has 2 amide bonds. The summed E-state index contributed by atoms with van der Waals surface area (Å²) in [4.78, 5) is 39.2. The Morgan fingerprint density at radius 2 is 1.68 bits per heavy atom. The molecule has 0 saturated carbocycles. The molecule has 4 rings (SSSR count). The summed E-state index contributed by atoms with van der Waals surface area (Å²) in [7, 11) is 0. The zero-order chi connectivity index (χ0) is 28.5. The number of carbonyl (C=O) groups is 3. The smallest absolute Gasteiger partial charge is 0.341 e. The minimum Gasteiger partial charge on any atom is -0.494 e. The van der Waals surface area contributed by atoms with Crippen LogP contribution >= 0.6 is 11.3 Å². The minimum atomic E-state index is -0.818. The number of fused-ring (bicyclic) bond motifs is 1. The lowest BCUT2D eigenvalue weighted by Gasteiger charge is -2.13. The van der Waals surface area contributed by atoms with Crippen molar-refractivity contribution in [2.75, 3.05) is 18.5 Å². The third kappa shape index (κ3) is 7.26. The highest BCUT2D eigenvalue weighted by molar-refractivity contribution is 7.17. The highest BCUT2D eigenvalue weighted by Gasteiger charge is 2.27. The van der Waals surface area contributed by atoms with Crippen LogP contribution in [0.15, 0.2) is 53.6 Å². The summed E-state index contributed by atoms with van der Waals surface area (Å²) in [6, 6.07) is 13.8. The summed E-state index contributed by atoms with van der Waals surface area (Å²) in [5, 5.41) is 7.40. The first-order chi connectivity index (χ1) is 19.4. The number of amides is 2. The van der Waals surface area contributed by atoms with Gasteiger partial charge >= 0.3 is 5.97 Å². The third-order valence-corrected chi connectivity index (χ3v) is 7.46. The molecule has 1 aliphatic carbocycles. The van der Waals surface area contributed by atoms with Crippen LogP contribution in [0.5, 0.6) is 11.5 Å². The van der Waals surface area contributed by atoms with Gasteiger partial charge in [-0.15, -0.1) is 11.3 Å². The molecule has 1 atom stereocenters. The second kappa shape index (κ2) is 13.7. The molecule has 9 nitrogen and oxygen atoms in total. The lowest BCUT2D eigenvalue weighted by atomic mass is 9.95. The zero-order valence-corrected chi connectivity index (χ0v) is 23.6. The van der Waals surface area contributed by atoms with Crippen LogP contribution in [-0.4, -0.2) is 43.3 Å². The van der Waals surface area contributed by atoms with Crippen molar-refractivity contribution < 1.29 is 28.6 Å². The van der Waals surface area contributed by atoms with E-state index in [-0.39, 0.29) is 12.5 Å². The number of anilines is 1. The van der Waals surface area contributed by atoms with Gasteiger partial charge in [0.15, 0.2) is 6.10 Å². The maximum Gasteiger partial charge on any atom is 0.341 e. The number of hydrazone groups is 1. The summed E-state index contributed by atoms with van der Waals surface area (Å²) in [5.41, 5.74) is 5.13. The van der Waals surface area contributed by atoms with Gasteiger partial charge in [-0.3, -0.25) is 9.59 Å². The lowest BCUT2D eigenvalue weighted by Crippen LogP contribution is -2.33. The molecule has 2 N–H and O–H groups in total. The Hall–Kier alpha value is -4.18. The molecule has 1 unspecified atom stereocenters. The van der Waals surface area contributed by atoms with Gasteiger partial charge in [0.05, 0.1) is 25.0 Å². The fourth-order valence-electron chi connectivity index (χ4n) is 4.27. The topological polar surface area (TPSA) is 115 Å². The molecule has 1 aliphatic rings. The normalized spacial score (nSPS) is 13.3. The van der Waals surface area contributed by atoms with Gasteiger partial charge in [-0.1, -0.05) is 0 Å². The first kappa shape index (κ1) is 28.8. The lowest BCUT2D eigenvalue weighted by molar-refractivity contribution is -0.127. The Labute approximate surface area is 237 Å². The largest absolute Gasteiger partial charge is 0.494 e. The first-order valence-electron chi connectivity index (χ1n) is 13.3. The van der Waals surface area contributed by atoms with Gasteiger partial charge in [0.1, 0.15) is 16.5 Å². The highest BCUT2D eigenvalue weighted by atomic mass is 32.1. The Bertz CT molecular complexity index is 1370. The van der Waals surface area contributed by atoms with Crippen LogP contribution in [0.25, 0.3) is 0 Å². The quantitative estimate of drug-likeness (QED) is 0.184. The van der Waals surface area contributed by atoms with Crippen LogP contribution in [0.1, 0.15) is 70.3 Å². The van der Waals surface area contributed by atoms with Crippen molar-refractivity contribution in [3.05, 3.63) is 75.7 Å². The van der Waals surface area contributed by atoms with E-state index in [0.717, 1.165) is 47.4 Å². The molecule has 0 radical (unpaired) electrons. The van der Waals surface area contributed by atoms with E-state index >= 15 is 0 Å². The number of aryl methyl sites for hydroxylation is 1. The molecular formula is C30H33N3O6S. The molecule has 0 bridgehead atoms. The van der Waals surface area contributed by atoms with Gasteiger partial charge in [0.25, 0.3) is 11.8 Å². The molecule has 210 valence electrons. The zero-order valence-electron chi connectivity index (χ0n) is 22.8. The number of carbonyl (C=O) groups excluding carboxylic acids is 3. The second-order valence-electron chi connectivity index (χ2n) is 9.11. The molecule has 40 heavy (non-hydrogen) atoms. The monoisotopic (exact) mass is 563 g/mol. The number of hydrogen-bond donors (Lipinski definition) is 2. The van der Waals surface area contributed by atoms with Crippen LogP contribution in [0.2, 0.25) is 0 Å². The Kier molecular flexibility index (Phi) is 9.91. The standard InChI is InChI=1S/C30H33N3O6S/c1-4-37-22-14-10-20(11-15-22)18-31-33-27(34)19(3)39-23-16-12-21(13-17-23)28(35)32-29-26(30(36)38-5-2)24-8-6-7-9-25(24)40-29/h10-19H,4-9H2,1-3H3,(H,32,35)(H,33,34)/b31-18+. The van der Waals surface area contributed by atoms with Crippen molar-refractivity contribution in [2.24, 2.45) is 5.10 Å². The van der Waals surface area contributed by atoms with Gasteiger partial charge in [0.2, 0.25) is 0 Å². The molecule has 0 saturated heterocycles. The van der Waals surface area contributed by atoms with E-state index in [1.807, 2.05) is 31.2 Å².